The van der Waals surface area contributed by atoms with Crippen molar-refractivity contribution in [2.24, 2.45) is 11.3 Å². The van der Waals surface area contributed by atoms with E-state index in [9.17, 15) is 9.59 Å². The van der Waals surface area contributed by atoms with Crippen LogP contribution in [0.2, 0.25) is 10.0 Å². The highest BCUT2D eigenvalue weighted by molar-refractivity contribution is 6.45. The zero-order chi connectivity index (χ0) is 18.9. The zero-order valence-electron chi connectivity index (χ0n) is 14.9. The van der Waals surface area contributed by atoms with Crippen molar-refractivity contribution in [3.8, 4) is 5.75 Å². The summed E-state index contributed by atoms with van der Waals surface area (Å²) < 4.78 is 5.29. The summed E-state index contributed by atoms with van der Waals surface area (Å²) in [5, 5.41) is 9.16. The lowest BCUT2D eigenvalue weighted by Crippen LogP contribution is -2.35. The molecule has 0 unspecified atom stereocenters. The monoisotopic (exact) mass is 398 g/mol. The van der Waals surface area contributed by atoms with Gasteiger partial charge in [0, 0.05) is 11.0 Å². The summed E-state index contributed by atoms with van der Waals surface area (Å²) in [5.74, 6) is -0.350. The molecule has 2 aliphatic carbocycles. The summed E-state index contributed by atoms with van der Waals surface area (Å²) in [6, 6.07) is 1.72. The van der Waals surface area contributed by atoms with E-state index in [0.717, 1.165) is 37.7 Å². The third-order valence-electron chi connectivity index (χ3n) is 5.90. The molecule has 2 aliphatic rings. The minimum absolute atomic E-state index is 0.115. The number of carbonyl (C=O) groups is 2. The van der Waals surface area contributed by atoms with Crippen LogP contribution in [0, 0.1) is 11.3 Å². The fraction of sp³-hybridized carbons (Fsp3) is 0.600. The molecule has 0 aromatic heterocycles. The fourth-order valence-electron chi connectivity index (χ4n) is 4.66. The van der Waals surface area contributed by atoms with Crippen LogP contribution in [0.1, 0.15) is 67.8 Å². The average Bonchev–Trinajstić information content (AvgIpc) is 3.23. The van der Waals surface area contributed by atoms with Crippen molar-refractivity contribution in [1.82, 2.24) is 0 Å². The number of benzene rings is 1. The second-order valence-electron chi connectivity index (χ2n) is 7.47. The van der Waals surface area contributed by atoms with Crippen molar-refractivity contribution in [3.63, 3.8) is 0 Å². The Morgan fingerprint density at radius 1 is 1.31 bits per heavy atom. The smallest absolute Gasteiger partial charge is 0.341 e. The minimum Gasteiger partial charge on any atom is -0.480 e. The molecule has 1 atom stereocenters. The van der Waals surface area contributed by atoms with E-state index in [1.807, 2.05) is 0 Å². The highest BCUT2D eigenvalue weighted by atomic mass is 35.5. The Kier molecular flexibility index (Phi) is 5.83. The molecule has 1 aromatic rings. The van der Waals surface area contributed by atoms with Crippen LogP contribution in [-0.4, -0.2) is 23.5 Å². The number of ketones is 1. The van der Waals surface area contributed by atoms with Crippen LogP contribution >= 0.6 is 23.2 Å². The first-order valence-corrected chi connectivity index (χ1v) is 10.1. The van der Waals surface area contributed by atoms with Gasteiger partial charge in [0.2, 0.25) is 0 Å². The van der Waals surface area contributed by atoms with Crippen LogP contribution in [0.25, 0.3) is 0 Å². The summed E-state index contributed by atoms with van der Waals surface area (Å²) in [6.07, 6.45) is 8.05. The van der Waals surface area contributed by atoms with Gasteiger partial charge in [-0.1, -0.05) is 55.8 Å². The fourth-order valence-corrected chi connectivity index (χ4v) is 5.16. The normalized spacial score (nSPS) is 22.7. The van der Waals surface area contributed by atoms with E-state index in [1.54, 1.807) is 6.07 Å². The quantitative estimate of drug-likeness (QED) is 0.652. The lowest BCUT2D eigenvalue weighted by atomic mass is 9.68. The Labute approximate surface area is 163 Å². The Morgan fingerprint density at radius 3 is 2.62 bits per heavy atom. The van der Waals surface area contributed by atoms with E-state index >= 15 is 0 Å². The van der Waals surface area contributed by atoms with E-state index in [4.69, 9.17) is 33.0 Å². The van der Waals surface area contributed by atoms with Crippen LogP contribution in [-0.2, 0) is 11.2 Å². The average molecular weight is 399 g/mol. The number of aliphatic carboxylic acids is 1. The SMILES string of the molecule is CCCC[C@@]1(C2CCCC2)Cc2cc(OCC(=O)O)c(Cl)c(Cl)c2C1=O. The summed E-state index contributed by atoms with van der Waals surface area (Å²) >= 11 is 12.7. The summed E-state index contributed by atoms with van der Waals surface area (Å²) in [7, 11) is 0. The lowest BCUT2D eigenvalue weighted by Gasteiger charge is -2.34. The van der Waals surface area contributed by atoms with Gasteiger partial charge in [-0.15, -0.1) is 0 Å². The summed E-state index contributed by atoms with van der Waals surface area (Å²) in [5.41, 5.74) is 0.961. The molecule has 1 saturated carbocycles. The number of Topliss-reactive ketones (excluding diaryl/α,β-unsaturated/α-hetero) is 1. The van der Waals surface area contributed by atoms with Gasteiger partial charge in [-0.25, -0.2) is 4.79 Å². The van der Waals surface area contributed by atoms with Crippen LogP contribution in [0.3, 0.4) is 0 Å². The molecular formula is C20H24Cl2O4. The number of hydrogen-bond donors (Lipinski definition) is 1. The van der Waals surface area contributed by atoms with Gasteiger partial charge in [0.1, 0.15) is 10.8 Å². The highest BCUT2D eigenvalue weighted by Crippen LogP contribution is 2.54. The number of carboxylic acid groups (broad SMARTS) is 1. The second-order valence-corrected chi connectivity index (χ2v) is 8.22. The molecule has 0 bridgehead atoms. The molecule has 0 aliphatic heterocycles. The highest BCUT2D eigenvalue weighted by Gasteiger charge is 2.51. The standard InChI is InChI=1S/C20H24Cl2O4/c1-2-3-8-20(13-6-4-5-7-13)10-12-9-14(26-11-15(23)24)17(21)18(22)16(12)19(20)25/h9,13H,2-8,10-11H2,1H3,(H,23,24)/t20-/m0/s1. The first-order chi connectivity index (χ1) is 12.4. The van der Waals surface area contributed by atoms with Crippen LogP contribution in [0.15, 0.2) is 6.07 Å². The molecule has 3 rings (SSSR count). The van der Waals surface area contributed by atoms with E-state index in [2.05, 4.69) is 6.92 Å². The first-order valence-electron chi connectivity index (χ1n) is 9.31. The molecule has 1 aromatic carbocycles. The molecule has 26 heavy (non-hydrogen) atoms. The van der Waals surface area contributed by atoms with Crippen LogP contribution in [0.5, 0.6) is 5.75 Å². The van der Waals surface area contributed by atoms with Crippen LogP contribution in [0.4, 0.5) is 0 Å². The number of hydrogen-bond acceptors (Lipinski definition) is 3. The third kappa shape index (κ3) is 3.34. The Morgan fingerprint density at radius 2 is 2.00 bits per heavy atom. The Hall–Kier alpha value is -1.26. The number of ether oxygens (including phenoxy) is 1. The Balaban J connectivity index is 2.00. The minimum atomic E-state index is -1.09. The van der Waals surface area contributed by atoms with Gasteiger partial charge in [0.25, 0.3) is 0 Å². The van der Waals surface area contributed by atoms with Gasteiger partial charge in [-0.2, -0.15) is 0 Å². The maximum absolute atomic E-state index is 13.5. The maximum Gasteiger partial charge on any atom is 0.341 e. The van der Waals surface area contributed by atoms with E-state index in [0.29, 0.717) is 17.9 Å². The molecule has 142 valence electrons. The first kappa shape index (κ1) is 19.5. The lowest BCUT2D eigenvalue weighted by molar-refractivity contribution is -0.139. The summed E-state index contributed by atoms with van der Waals surface area (Å²) in [6.45, 7) is 1.64. The van der Waals surface area contributed by atoms with Gasteiger partial charge in [0.15, 0.2) is 12.4 Å². The van der Waals surface area contributed by atoms with Gasteiger partial charge < -0.3 is 9.84 Å². The van der Waals surface area contributed by atoms with Gasteiger partial charge >= 0.3 is 5.97 Å². The van der Waals surface area contributed by atoms with Crippen molar-refractivity contribution >= 4 is 35.0 Å². The largest absolute Gasteiger partial charge is 0.480 e. The number of rotatable bonds is 7. The number of unbranched alkanes of at least 4 members (excludes halogenated alkanes) is 1. The number of carboxylic acids is 1. The van der Waals surface area contributed by atoms with E-state index in [1.165, 1.54) is 12.8 Å². The molecule has 4 nitrogen and oxygen atoms in total. The maximum atomic E-state index is 13.5. The molecule has 0 amide bonds. The number of fused-ring (bicyclic) bond motifs is 1. The van der Waals surface area contributed by atoms with E-state index in [-0.39, 0.29) is 21.6 Å². The predicted octanol–water partition coefficient (Wildman–Crippen LogP) is 5.56. The molecule has 0 saturated heterocycles. The molecule has 0 spiro atoms. The molecular weight excluding hydrogens is 375 g/mol. The van der Waals surface area contributed by atoms with Crippen molar-refractivity contribution in [2.45, 2.75) is 58.3 Å². The van der Waals surface area contributed by atoms with Crippen molar-refractivity contribution in [3.05, 3.63) is 27.2 Å². The van der Waals surface area contributed by atoms with Crippen molar-refractivity contribution < 1.29 is 19.4 Å². The van der Waals surface area contributed by atoms with Crippen molar-refractivity contribution in [1.29, 1.82) is 0 Å². The third-order valence-corrected chi connectivity index (χ3v) is 6.75. The van der Waals surface area contributed by atoms with Gasteiger partial charge in [-0.05, 0) is 43.2 Å². The number of halogens is 2. The molecule has 1 N–H and O–H groups in total. The van der Waals surface area contributed by atoms with Crippen LogP contribution < -0.4 is 4.74 Å². The molecule has 6 heteroatoms. The Bertz CT molecular complexity index is 725. The second kappa shape index (κ2) is 7.77. The van der Waals surface area contributed by atoms with E-state index < -0.39 is 18.0 Å². The zero-order valence-corrected chi connectivity index (χ0v) is 16.5. The molecule has 0 heterocycles. The number of carbonyl (C=O) groups excluding carboxylic acids is 1. The van der Waals surface area contributed by atoms with Crippen molar-refractivity contribution in [2.75, 3.05) is 6.61 Å². The molecule has 1 fully saturated rings. The van der Waals surface area contributed by atoms with Gasteiger partial charge in [0.05, 0.1) is 5.02 Å². The molecule has 0 radical (unpaired) electrons. The topological polar surface area (TPSA) is 63.6 Å². The van der Waals surface area contributed by atoms with Gasteiger partial charge in [-0.3, -0.25) is 4.79 Å². The predicted molar refractivity (Wildman–Crippen MR) is 102 cm³/mol. The summed E-state index contributed by atoms with van der Waals surface area (Å²) in [4.78, 5) is 24.3.